The van der Waals surface area contributed by atoms with Gasteiger partial charge in [0.05, 0.1) is 12.6 Å². The molecule has 2 aliphatic heterocycles. The molecule has 0 aliphatic carbocycles. The van der Waals surface area contributed by atoms with Crippen molar-refractivity contribution in [2.45, 2.75) is 31.8 Å². The Morgan fingerprint density at radius 3 is 2.75 bits per heavy atom. The van der Waals surface area contributed by atoms with Crippen LogP contribution < -0.4 is 5.56 Å². The first-order chi connectivity index (χ1) is 13.7. The molecule has 1 N–H and O–H groups in total. The maximum absolute atomic E-state index is 12.5. The van der Waals surface area contributed by atoms with E-state index in [-0.39, 0.29) is 18.2 Å². The van der Waals surface area contributed by atoms with Crippen LogP contribution in [0, 0.1) is 12.8 Å². The quantitative estimate of drug-likeness (QED) is 0.764. The number of likely N-dealkylation sites (tertiary alicyclic amines) is 1. The third-order valence-corrected chi connectivity index (χ3v) is 6.72. The number of rotatable bonds is 3. The Balaban J connectivity index is 1.51. The maximum atomic E-state index is 12.5. The van der Waals surface area contributed by atoms with E-state index in [0.29, 0.717) is 11.8 Å². The van der Waals surface area contributed by atoms with Gasteiger partial charge in [-0.15, -0.1) is 0 Å². The Hall–Kier alpha value is -2.43. The molecule has 1 fully saturated rings. The Bertz CT molecular complexity index is 1090. The third kappa shape index (κ3) is 2.79. The molecule has 0 saturated carbocycles. The minimum atomic E-state index is -0.114. The largest absolute Gasteiger partial charge is 0.394 e. The number of benzene rings is 2. The predicted octanol–water partition coefficient (Wildman–Crippen LogP) is 3.46. The first-order valence-electron chi connectivity index (χ1n) is 10.2. The van der Waals surface area contributed by atoms with Crippen LogP contribution in [0.25, 0.3) is 10.8 Å². The predicted molar refractivity (Wildman–Crippen MR) is 112 cm³/mol. The summed E-state index contributed by atoms with van der Waals surface area (Å²) in [7, 11) is 0. The van der Waals surface area contributed by atoms with Crippen LogP contribution in [0.15, 0.2) is 59.4 Å². The van der Waals surface area contributed by atoms with Crippen molar-refractivity contribution in [1.29, 1.82) is 0 Å². The van der Waals surface area contributed by atoms with Crippen molar-refractivity contribution in [1.82, 2.24) is 9.47 Å². The minimum Gasteiger partial charge on any atom is -0.394 e. The molecule has 3 heterocycles. The smallest absolute Gasteiger partial charge is 0.251 e. The lowest BCUT2D eigenvalue weighted by Crippen LogP contribution is -2.50. The SMILES string of the molecule is Cc1ccc2ccccc2c1CN1C[C@H]2C[C@@H](C1)[C@H](CO)n1c2cccc1=O. The van der Waals surface area contributed by atoms with Gasteiger partial charge in [-0.3, -0.25) is 9.69 Å². The number of aliphatic hydroxyl groups is 1. The van der Waals surface area contributed by atoms with E-state index in [1.807, 2.05) is 10.6 Å². The third-order valence-electron chi connectivity index (χ3n) is 6.72. The van der Waals surface area contributed by atoms with Crippen molar-refractivity contribution in [2.24, 2.45) is 5.92 Å². The van der Waals surface area contributed by atoms with Gasteiger partial charge in [-0.05, 0) is 47.2 Å². The fourth-order valence-electron chi connectivity index (χ4n) is 5.38. The molecule has 2 bridgehead atoms. The molecule has 4 heteroatoms. The molecule has 0 unspecified atom stereocenters. The molecular weight excluding hydrogens is 348 g/mol. The minimum absolute atomic E-state index is 0.0181. The molecule has 144 valence electrons. The molecule has 1 saturated heterocycles. The van der Waals surface area contributed by atoms with Crippen molar-refractivity contribution < 1.29 is 5.11 Å². The van der Waals surface area contributed by atoms with Gasteiger partial charge in [0.25, 0.3) is 5.56 Å². The van der Waals surface area contributed by atoms with Gasteiger partial charge in [0.1, 0.15) is 0 Å². The van der Waals surface area contributed by atoms with Gasteiger partial charge in [0.2, 0.25) is 0 Å². The van der Waals surface area contributed by atoms with Gasteiger partial charge in [0, 0.05) is 37.3 Å². The van der Waals surface area contributed by atoms with Crippen molar-refractivity contribution >= 4 is 10.8 Å². The highest BCUT2D eigenvalue weighted by Crippen LogP contribution is 2.41. The van der Waals surface area contributed by atoms with Crippen LogP contribution >= 0.6 is 0 Å². The van der Waals surface area contributed by atoms with E-state index < -0.39 is 0 Å². The summed E-state index contributed by atoms with van der Waals surface area (Å²) in [5.74, 6) is 0.664. The summed E-state index contributed by atoms with van der Waals surface area (Å²) in [5.41, 5.74) is 3.82. The summed E-state index contributed by atoms with van der Waals surface area (Å²) in [6.45, 7) is 5.01. The van der Waals surface area contributed by atoms with Crippen LogP contribution in [0.5, 0.6) is 0 Å². The molecule has 0 amide bonds. The van der Waals surface area contributed by atoms with E-state index in [4.69, 9.17) is 0 Å². The molecule has 2 aliphatic rings. The number of nitrogens with zero attached hydrogens (tertiary/aromatic N) is 2. The summed E-state index contributed by atoms with van der Waals surface area (Å²) in [6.07, 6.45) is 1.06. The molecule has 3 aromatic rings. The van der Waals surface area contributed by atoms with E-state index in [9.17, 15) is 9.90 Å². The highest BCUT2D eigenvalue weighted by Gasteiger charge is 2.40. The second-order valence-electron chi connectivity index (χ2n) is 8.38. The summed E-state index contributed by atoms with van der Waals surface area (Å²) in [5, 5.41) is 12.7. The Kier molecular flexibility index (Phi) is 4.33. The second kappa shape index (κ2) is 6.87. The lowest BCUT2D eigenvalue weighted by atomic mass is 9.78. The average Bonchev–Trinajstić information content (AvgIpc) is 2.71. The first-order valence-corrected chi connectivity index (χ1v) is 10.2. The van der Waals surface area contributed by atoms with Gasteiger partial charge in [-0.1, -0.05) is 42.5 Å². The number of aromatic nitrogens is 1. The maximum Gasteiger partial charge on any atom is 0.251 e. The van der Waals surface area contributed by atoms with Gasteiger partial charge >= 0.3 is 0 Å². The van der Waals surface area contributed by atoms with Crippen molar-refractivity contribution in [3.8, 4) is 0 Å². The van der Waals surface area contributed by atoms with Crippen LogP contribution in [0.3, 0.4) is 0 Å². The fraction of sp³-hybridized carbons (Fsp3) is 0.375. The number of hydrogen-bond acceptors (Lipinski definition) is 3. The molecule has 1 aromatic heterocycles. The number of piperidine rings is 1. The topological polar surface area (TPSA) is 45.5 Å². The van der Waals surface area contributed by atoms with E-state index >= 15 is 0 Å². The van der Waals surface area contributed by atoms with Gasteiger partial charge < -0.3 is 9.67 Å². The molecule has 5 rings (SSSR count). The highest BCUT2D eigenvalue weighted by atomic mass is 16.3. The van der Waals surface area contributed by atoms with Crippen molar-refractivity contribution in [3.63, 3.8) is 0 Å². The molecule has 2 aromatic carbocycles. The molecular formula is C24H26N2O2. The standard InChI is InChI=1S/C24H26N2O2/c1-16-9-10-17-5-2-3-6-20(17)21(16)14-25-12-18-11-19(13-25)23(15-27)26-22(18)7-4-8-24(26)28/h2-10,18-19,23,27H,11-15H2,1H3/t18-,19+,23+/m1/s1. The number of aryl methyl sites for hydroxylation is 1. The first kappa shape index (κ1) is 17.7. The van der Waals surface area contributed by atoms with Crippen LogP contribution in [0.4, 0.5) is 0 Å². The fourth-order valence-corrected chi connectivity index (χ4v) is 5.38. The number of fused-ring (bicyclic) bond motifs is 5. The Labute approximate surface area is 165 Å². The average molecular weight is 374 g/mol. The van der Waals surface area contributed by atoms with Crippen LogP contribution in [0.2, 0.25) is 0 Å². The molecule has 0 spiro atoms. The monoisotopic (exact) mass is 374 g/mol. The zero-order valence-electron chi connectivity index (χ0n) is 16.2. The lowest BCUT2D eigenvalue weighted by Gasteiger charge is -2.46. The summed E-state index contributed by atoms with van der Waals surface area (Å²) >= 11 is 0. The van der Waals surface area contributed by atoms with Gasteiger partial charge in [-0.25, -0.2) is 0 Å². The van der Waals surface area contributed by atoms with E-state index in [0.717, 1.165) is 31.7 Å². The summed E-state index contributed by atoms with van der Waals surface area (Å²) in [6, 6.07) is 18.4. The van der Waals surface area contributed by atoms with Crippen molar-refractivity contribution in [3.05, 3.63) is 81.8 Å². The van der Waals surface area contributed by atoms with E-state index in [2.05, 4.69) is 54.3 Å². The lowest BCUT2D eigenvalue weighted by molar-refractivity contribution is 0.0582. The molecule has 3 atom stereocenters. The molecule has 4 nitrogen and oxygen atoms in total. The Morgan fingerprint density at radius 2 is 1.89 bits per heavy atom. The number of pyridine rings is 1. The molecule has 28 heavy (non-hydrogen) atoms. The van der Waals surface area contributed by atoms with Crippen LogP contribution in [0.1, 0.15) is 35.2 Å². The summed E-state index contributed by atoms with van der Waals surface area (Å²) in [4.78, 5) is 15.0. The van der Waals surface area contributed by atoms with Gasteiger partial charge in [0.15, 0.2) is 0 Å². The molecule has 0 radical (unpaired) electrons. The normalized spacial score (nSPS) is 24.3. The number of hydrogen-bond donors (Lipinski definition) is 1. The van der Waals surface area contributed by atoms with Gasteiger partial charge in [-0.2, -0.15) is 0 Å². The Morgan fingerprint density at radius 1 is 1.04 bits per heavy atom. The number of aliphatic hydroxyl groups excluding tert-OH is 1. The van der Waals surface area contributed by atoms with E-state index in [1.54, 1.807) is 6.07 Å². The summed E-state index contributed by atoms with van der Waals surface area (Å²) < 4.78 is 1.86. The zero-order chi connectivity index (χ0) is 19.3. The van der Waals surface area contributed by atoms with Crippen LogP contribution in [-0.4, -0.2) is 34.3 Å². The second-order valence-corrected chi connectivity index (χ2v) is 8.38. The zero-order valence-corrected chi connectivity index (χ0v) is 16.2. The highest BCUT2D eigenvalue weighted by molar-refractivity contribution is 5.86. The van der Waals surface area contributed by atoms with Crippen molar-refractivity contribution in [2.75, 3.05) is 19.7 Å². The van der Waals surface area contributed by atoms with Crippen LogP contribution in [-0.2, 0) is 6.54 Å². The van der Waals surface area contributed by atoms with E-state index in [1.165, 1.54) is 21.9 Å².